The van der Waals surface area contributed by atoms with Crippen molar-refractivity contribution in [3.8, 4) is 28.8 Å². The predicted molar refractivity (Wildman–Crippen MR) is 245 cm³/mol. The van der Waals surface area contributed by atoms with Gasteiger partial charge in [-0.15, -0.1) is 24.3 Å². The van der Waals surface area contributed by atoms with E-state index in [1.54, 1.807) is 4.68 Å². The zero-order valence-electron chi connectivity index (χ0n) is 38.9. The Balaban J connectivity index is 0.000000425. The Bertz CT molecular complexity index is 2620. The van der Waals surface area contributed by atoms with E-state index in [9.17, 15) is 0 Å². The third kappa shape index (κ3) is 14.5. The molecule has 0 N–H and O–H groups in total. The van der Waals surface area contributed by atoms with Crippen LogP contribution in [0.1, 0.15) is 95.5 Å². The van der Waals surface area contributed by atoms with E-state index >= 15 is 0 Å². The van der Waals surface area contributed by atoms with Crippen LogP contribution in [0.15, 0.2) is 97.1 Å². The van der Waals surface area contributed by atoms with Crippen molar-refractivity contribution in [3.05, 3.63) is 189 Å². The Morgan fingerprint density at radius 3 is 1.14 bits per heavy atom. The maximum absolute atomic E-state index is 8.95. The van der Waals surface area contributed by atoms with Gasteiger partial charge < -0.3 is 0 Å². The summed E-state index contributed by atoms with van der Waals surface area (Å²) >= 11 is 0. The Morgan fingerprint density at radius 2 is 0.785 bits per heavy atom. The van der Waals surface area contributed by atoms with Gasteiger partial charge in [0.15, 0.2) is 0 Å². The molecule has 4 aromatic heterocycles. The van der Waals surface area contributed by atoms with Crippen LogP contribution in [0.2, 0.25) is 0 Å². The number of hydrogen-bond donors (Lipinski definition) is 0. The standard InChI is InChI=1S/C14H17N2.2C13H15N2.C12H10N3.4Pt/c1-4-13-11(3)15-16(14(13)5-2)12-9-7-6-8-10-12;1-4-13-10(2)14-15(11(13)3)12-8-6-5-7-9-12;1-4-13-10(2)11(3)14-15(13)12-8-6-5-7-9-12;1-9-12(8-13)10(2)15(14-9)11-6-4-3-5-7-11;;;;/h6-9H,4-5H2,1-3H3;2*5-8H,4H2,1-3H3;3-6H,1-2H3;;;;/q4*-1;;;;. The molecular weight excluding hydrogens is 1530 g/mol. The zero-order chi connectivity index (χ0) is 44.1. The topological polar surface area (TPSA) is 95.1 Å². The molecule has 0 unspecified atom stereocenters. The summed E-state index contributed by atoms with van der Waals surface area (Å²) in [6, 6.07) is 46.3. The second kappa shape index (κ2) is 28.9. The molecule has 0 atom stereocenters. The summed E-state index contributed by atoms with van der Waals surface area (Å²) in [7, 11) is 0. The summed E-state index contributed by atoms with van der Waals surface area (Å²) in [6.07, 6.45) is 4.08. The molecule has 9 nitrogen and oxygen atoms in total. The van der Waals surface area contributed by atoms with Crippen LogP contribution in [0.3, 0.4) is 0 Å². The number of hydrogen-bond acceptors (Lipinski definition) is 5. The largest absolute Gasteiger partial charge is 0.262 e. The van der Waals surface area contributed by atoms with Crippen LogP contribution < -0.4 is 0 Å². The Morgan fingerprint density at radius 1 is 0.431 bits per heavy atom. The number of rotatable bonds is 8. The number of benzene rings is 4. The first kappa shape index (κ1) is 59.0. The van der Waals surface area contributed by atoms with Gasteiger partial charge in [-0.05, 0) is 114 Å². The van der Waals surface area contributed by atoms with Gasteiger partial charge in [0.05, 0.1) is 34.0 Å². The second-order valence-corrected chi connectivity index (χ2v) is 14.5. The summed E-state index contributed by atoms with van der Waals surface area (Å²) in [4.78, 5) is 0. The van der Waals surface area contributed by atoms with Crippen molar-refractivity contribution in [2.45, 2.75) is 102 Å². The molecule has 4 heterocycles. The van der Waals surface area contributed by atoms with E-state index in [0.717, 1.165) is 76.9 Å². The molecule has 0 bridgehead atoms. The van der Waals surface area contributed by atoms with E-state index in [1.807, 2.05) is 132 Å². The average Bonchev–Trinajstić information content (AvgIpc) is 3.99. The van der Waals surface area contributed by atoms with Crippen molar-refractivity contribution in [2.24, 2.45) is 0 Å². The molecule has 0 aliphatic rings. The fraction of sp³-hybridized carbons (Fsp3) is 0.288. The van der Waals surface area contributed by atoms with Gasteiger partial charge in [0.25, 0.3) is 0 Å². The maximum atomic E-state index is 8.95. The van der Waals surface area contributed by atoms with E-state index < -0.39 is 0 Å². The molecule has 8 rings (SSSR count). The normalized spacial score (nSPS) is 9.82. The number of nitrogens with zero attached hydrogens (tertiary/aromatic N) is 9. The predicted octanol–water partition coefficient (Wildman–Crippen LogP) is 11.0. The molecule has 0 spiro atoms. The summed E-state index contributed by atoms with van der Waals surface area (Å²) in [5.74, 6) is 0. The molecule has 0 radical (unpaired) electrons. The first-order valence-corrected chi connectivity index (χ1v) is 21.0. The van der Waals surface area contributed by atoms with E-state index in [2.05, 4.69) is 106 Å². The van der Waals surface area contributed by atoms with Crippen LogP contribution in [-0.2, 0) is 110 Å². The van der Waals surface area contributed by atoms with E-state index in [-0.39, 0.29) is 84.3 Å². The van der Waals surface area contributed by atoms with Crippen LogP contribution in [0.5, 0.6) is 0 Å². The molecule has 0 aliphatic carbocycles. The quantitative estimate of drug-likeness (QED) is 0.141. The first-order chi connectivity index (χ1) is 29.5. The van der Waals surface area contributed by atoms with Crippen molar-refractivity contribution in [1.82, 2.24) is 39.1 Å². The molecule has 65 heavy (non-hydrogen) atoms. The van der Waals surface area contributed by atoms with Crippen LogP contribution in [-0.4, -0.2) is 39.1 Å². The van der Waals surface area contributed by atoms with Crippen LogP contribution in [0.25, 0.3) is 22.7 Å². The molecule has 0 aliphatic heterocycles. The Kier molecular flexibility index (Phi) is 26.2. The molecule has 0 saturated heterocycles. The molecule has 354 valence electrons. The van der Waals surface area contributed by atoms with Crippen molar-refractivity contribution >= 4 is 0 Å². The summed E-state index contributed by atoms with van der Waals surface area (Å²) in [5.41, 5.74) is 17.3. The van der Waals surface area contributed by atoms with Crippen molar-refractivity contribution in [2.75, 3.05) is 0 Å². The SMILES string of the molecule is CCc1c(C)c(C)nn1-c1[c-]cccc1.CCc1c(C)nn(-c2[c-]cccc2)c1C.CCc1c(C)nn(-c2[c-]cccc2)c1CC.Cc1nn(-c2[c-]cccc2)c(C)c1C#N.[Pt].[Pt].[Pt].[Pt]. The summed E-state index contributed by atoms with van der Waals surface area (Å²) < 4.78 is 7.72. The fourth-order valence-corrected chi connectivity index (χ4v) is 7.42. The van der Waals surface area contributed by atoms with Gasteiger partial charge in [-0.25, -0.2) is 0 Å². The molecule has 13 heteroatoms. The van der Waals surface area contributed by atoms with E-state index in [1.165, 1.54) is 33.8 Å². The van der Waals surface area contributed by atoms with Gasteiger partial charge in [-0.2, -0.15) is 123 Å². The number of nitriles is 1. The number of aryl methyl sites for hydroxylation is 4. The zero-order valence-corrected chi connectivity index (χ0v) is 47.9. The molecule has 4 aromatic carbocycles. The number of para-hydroxylation sites is 4. The van der Waals surface area contributed by atoms with Crippen molar-refractivity contribution in [3.63, 3.8) is 0 Å². The average molecular weight is 1590 g/mol. The molecule has 0 saturated carbocycles. The van der Waals surface area contributed by atoms with Crippen molar-refractivity contribution < 1.29 is 84.3 Å². The first-order valence-electron chi connectivity index (χ1n) is 21.0. The van der Waals surface area contributed by atoms with E-state index in [0.29, 0.717) is 5.56 Å². The Hall–Kier alpha value is -4.04. The monoisotopic (exact) mass is 1590 g/mol. The van der Waals surface area contributed by atoms with Gasteiger partial charge in [-0.1, -0.05) is 27.7 Å². The third-order valence-corrected chi connectivity index (χ3v) is 10.7. The minimum atomic E-state index is 0. The summed E-state index contributed by atoms with van der Waals surface area (Å²) in [6.45, 7) is 22.8. The fourth-order valence-electron chi connectivity index (χ4n) is 7.42. The van der Waals surface area contributed by atoms with Gasteiger partial charge in [0.1, 0.15) is 6.07 Å². The smallest absolute Gasteiger partial charge is 0.103 e. The third-order valence-electron chi connectivity index (χ3n) is 10.7. The van der Waals surface area contributed by atoms with Crippen molar-refractivity contribution in [1.29, 1.82) is 5.26 Å². The number of aromatic nitrogens is 8. The molecule has 0 fully saturated rings. The summed E-state index contributed by atoms with van der Waals surface area (Å²) in [5, 5.41) is 26.9. The van der Waals surface area contributed by atoms with Gasteiger partial charge in [-0.3, -0.25) is 18.7 Å². The minimum absolute atomic E-state index is 0. The minimum Gasteiger partial charge on any atom is -0.262 e. The van der Waals surface area contributed by atoms with Crippen LogP contribution in [0.4, 0.5) is 0 Å². The van der Waals surface area contributed by atoms with Crippen LogP contribution in [0, 0.1) is 84.1 Å². The molecule has 0 amide bonds. The Labute approximate surface area is 444 Å². The second-order valence-electron chi connectivity index (χ2n) is 14.5. The molecular formula is C52H57N9Pt4-4. The van der Waals surface area contributed by atoms with Crippen LogP contribution >= 0.6 is 0 Å². The van der Waals surface area contributed by atoms with Gasteiger partial charge >= 0.3 is 0 Å². The van der Waals surface area contributed by atoms with Gasteiger partial charge in [0.2, 0.25) is 0 Å². The van der Waals surface area contributed by atoms with Gasteiger partial charge in [0, 0.05) is 101 Å². The maximum Gasteiger partial charge on any atom is 0.103 e. The molecule has 8 aromatic rings. The van der Waals surface area contributed by atoms with E-state index in [4.69, 9.17) is 5.26 Å².